The quantitative estimate of drug-likeness (QED) is 0.147. The summed E-state index contributed by atoms with van der Waals surface area (Å²) in [5.41, 5.74) is 2.18. The SMILES string of the molecule is C=CC1O[C@H](Sc2ccccc2)[C@H](OCc2ccccc2)C(C)[C@@H]1C.CC1[C@H](C)C(CO)O[C@H](Sc2ccccc2)[C@@H]1OCc1ccccc1. The van der Waals surface area contributed by atoms with Gasteiger partial charge < -0.3 is 24.1 Å². The van der Waals surface area contributed by atoms with Crippen LogP contribution in [0.3, 0.4) is 0 Å². The van der Waals surface area contributed by atoms with Crippen LogP contribution in [-0.2, 0) is 32.2 Å². The molecule has 0 bridgehead atoms. The second kappa shape index (κ2) is 19.7. The Balaban J connectivity index is 0.000000194. The molecule has 0 radical (unpaired) electrons. The highest BCUT2D eigenvalue weighted by Gasteiger charge is 2.43. The number of thioether (sulfide) groups is 2. The molecule has 266 valence electrons. The van der Waals surface area contributed by atoms with Crippen LogP contribution in [0.15, 0.2) is 144 Å². The Morgan fingerprint density at radius 2 is 0.980 bits per heavy atom. The summed E-state index contributed by atoms with van der Waals surface area (Å²) in [5, 5.41) is 9.68. The number of hydrogen-bond acceptors (Lipinski definition) is 7. The molecule has 6 rings (SSSR count). The Labute approximate surface area is 307 Å². The van der Waals surface area contributed by atoms with E-state index in [1.807, 2.05) is 66.7 Å². The molecule has 5 nitrogen and oxygen atoms in total. The van der Waals surface area contributed by atoms with Crippen LogP contribution in [0.25, 0.3) is 0 Å². The summed E-state index contributed by atoms with van der Waals surface area (Å²) in [6.07, 6.45) is 1.85. The minimum atomic E-state index is -0.146. The van der Waals surface area contributed by atoms with Gasteiger partial charge in [0.05, 0.1) is 44.2 Å². The lowest BCUT2D eigenvalue weighted by Gasteiger charge is -2.44. The average molecular weight is 713 g/mol. The van der Waals surface area contributed by atoms with Crippen molar-refractivity contribution in [2.24, 2.45) is 23.7 Å². The fourth-order valence-corrected chi connectivity index (χ4v) is 8.86. The molecule has 2 aliphatic heterocycles. The number of aliphatic hydroxyl groups is 1. The van der Waals surface area contributed by atoms with Crippen molar-refractivity contribution in [3.05, 3.63) is 145 Å². The van der Waals surface area contributed by atoms with Crippen molar-refractivity contribution in [2.45, 2.75) is 86.0 Å². The van der Waals surface area contributed by atoms with E-state index in [0.29, 0.717) is 31.0 Å². The highest BCUT2D eigenvalue weighted by atomic mass is 32.2. The van der Waals surface area contributed by atoms with Gasteiger partial charge in [-0.25, -0.2) is 0 Å². The zero-order valence-corrected chi connectivity index (χ0v) is 31.3. The smallest absolute Gasteiger partial charge is 0.134 e. The summed E-state index contributed by atoms with van der Waals surface area (Å²) in [5.74, 6) is 1.32. The van der Waals surface area contributed by atoms with Gasteiger partial charge in [0.2, 0.25) is 0 Å². The maximum atomic E-state index is 9.68. The van der Waals surface area contributed by atoms with Gasteiger partial charge in [-0.15, -0.1) is 6.58 Å². The monoisotopic (exact) mass is 712 g/mol. The van der Waals surface area contributed by atoms with Crippen LogP contribution in [0.1, 0.15) is 38.8 Å². The van der Waals surface area contributed by atoms with Gasteiger partial charge in [0.25, 0.3) is 0 Å². The maximum absolute atomic E-state index is 9.68. The number of aliphatic hydroxyl groups excluding tert-OH is 1. The molecule has 50 heavy (non-hydrogen) atoms. The summed E-state index contributed by atoms with van der Waals surface area (Å²) >= 11 is 3.41. The minimum Gasteiger partial charge on any atom is -0.394 e. The second-order valence-corrected chi connectivity index (χ2v) is 15.6. The lowest BCUT2D eigenvalue weighted by molar-refractivity contribution is -0.168. The molecule has 0 aromatic heterocycles. The summed E-state index contributed by atoms with van der Waals surface area (Å²) in [7, 11) is 0. The first kappa shape index (κ1) is 38.4. The predicted molar refractivity (Wildman–Crippen MR) is 206 cm³/mol. The zero-order valence-electron chi connectivity index (χ0n) is 29.6. The zero-order chi connectivity index (χ0) is 35.3. The van der Waals surface area contributed by atoms with Gasteiger partial charge in [-0.2, -0.15) is 0 Å². The van der Waals surface area contributed by atoms with E-state index < -0.39 is 0 Å². The van der Waals surface area contributed by atoms with Crippen LogP contribution in [-0.4, -0.2) is 47.0 Å². The number of ether oxygens (including phenoxy) is 4. The van der Waals surface area contributed by atoms with Crippen molar-refractivity contribution in [1.29, 1.82) is 0 Å². The third-order valence-electron chi connectivity index (χ3n) is 9.91. The normalized spacial score (nSPS) is 29.4. The Hall–Kier alpha value is -2.88. The summed E-state index contributed by atoms with van der Waals surface area (Å²) in [6, 6.07) is 41.2. The summed E-state index contributed by atoms with van der Waals surface area (Å²) < 4.78 is 25.2. The molecule has 2 saturated heterocycles. The molecular formula is C43H52O5S2. The third kappa shape index (κ3) is 10.6. The third-order valence-corrected chi connectivity index (χ3v) is 12.2. The number of hydrogen-bond donors (Lipinski definition) is 1. The van der Waals surface area contributed by atoms with Gasteiger partial charge in [-0.1, -0.05) is 154 Å². The van der Waals surface area contributed by atoms with Crippen LogP contribution < -0.4 is 0 Å². The second-order valence-electron chi connectivity index (χ2n) is 13.3. The van der Waals surface area contributed by atoms with E-state index in [9.17, 15) is 5.11 Å². The van der Waals surface area contributed by atoms with E-state index in [0.717, 1.165) is 10.5 Å². The fourth-order valence-electron chi connectivity index (χ4n) is 6.39. The Morgan fingerprint density at radius 3 is 1.40 bits per heavy atom. The van der Waals surface area contributed by atoms with Crippen LogP contribution in [0.4, 0.5) is 0 Å². The van der Waals surface area contributed by atoms with Crippen LogP contribution in [0.5, 0.6) is 0 Å². The highest BCUT2D eigenvalue weighted by Crippen LogP contribution is 2.41. The van der Waals surface area contributed by atoms with E-state index >= 15 is 0 Å². The standard InChI is InChI=1S/C22H26O2S.C21H26O3S/c1-4-20-16(2)17(3)21(23-15-18-11-7-5-8-12-18)22(24-20)25-19-13-9-6-10-14-19;1-15-16(2)20(23-14-17-9-5-3-6-10-17)21(24-19(15)13-22)25-18-11-7-4-8-12-18/h4-14,16-17,20-22H,1,15H2,2-3H3;3-12,15-16,19-22H,13-14H2,1-2H3/t16-,17?,20?,21+,22+;15-,16?,19?,20+,21+/m00/s1. The Kier molecular flexibility index (Phi) is 15.1. The van der Waals surface area contributed by atoms with Gasteiger partial charge in [-0.05, 0) is 59.1 Å². The number of rotatable bonds is 12. The van der Waals surface area contributed by atoms with E-state index in [2.05, 4.69) is 94.9 Å². The van der Waals surface area contributed by atoms with Crippen molar-refractivity contribution in [3.8, 4) is 0 Å². The van der Waals surface area contributed by atoms with Crippen molar-refractivity contribution < 1.29 is 24.1 Å². The maximum Gasteiger partial charge on any atom is 0.134 e. The van der Waals surface area contributed by atoms with Gasteiger partial charge in [0, 0.05) is 9.79 Å². The molecule has 0 saturated carbocycles. The van der Waals surface area contributed by atoms with Crippen molar-refractivity contribution in [1.82, 2.24) is 0 Å². The molecule has 4 aromatic carbocycles. The lowest BCUT2D eigenvalue weighted by atomic mass is 9.84. The van der Waals surface area contributed by atoms with Crippen LogP contribution >= 0.6 is 23.5 Å². The van der Waals surface area contributed by atoms with Crippen molar-refractivity contribution >= 4 is 23.5 Å². The van der Waals surface area contributed by atoms with E-state index in [4.69, 9.17) is 18.9 Å². The highest BCUT2D eigenvalue weighted by molar-refractivity contribution is 8.00. The first-order chi connectivity index (χ1) is 24.4. The van der Waals surface area contributed by atoms with E-state index in [1.165, 1.54) is 10.5 Å². The minimum absolute atomic E-state index is 0.0248. The molecule has 10 atom stereocenters. The van der Waals surface area contributed by atoms with Crippen LogP contribution in [0.2, 0.25) is 0 Å². The van der Waals surface area contributed by atoms with Crippen molar-refractivity contribution in [2.75, 3.05) is 6.61 Å². The van der Waals surface area contributed by atoms with E-state index in [1.54, 1.807) is 23.5 Å². The molecule has 7 heteroatoms. The molecule has 0 amide bonds. The van der Waals surface area contributed by atoms with E-state index in [-0.39, 0.29) is 47.8 Å². The largest absolute Gasteiger partial charge is 0.394 e. The molecule has 0 spiro atoms. The fraction of sp³-hybridized carbons (Fsp3) is 0.395. The first-order valence-electron chi connectivity index (χ1n) is 17.7. The summed E-state index contributed by atoms with van der Waals surface area (Å²) in [4.78, 5) is 2.35. The molecule has 2 heterocycles. The lowest BCUT2D eigenvalue weighted by Crippen LogP contribution is -2.50. The predicted octanol–water partition coefficient (Wildman–Crippen LogP) is 9.90. The molecule has 2 aliphatic rings. The first-order valence-corrected chi connectivity index (χ1v) is 19.4. The van der Waals surface area contributed by atoms with Gasteiger partial charge >= 0.3 is 0 Å². The number of benzene rings is 4. The molecule has 1 N–H and O–H groups in total. The van der Waals surface area contributed by atoms with Gasteiger partial charge in [-0.3, -0.25) is 0 Å². The molecule has 4 unspecified atom stereocenters. The molecule has 2 fully saturated rings. The van der Waals surface area contributed by atoms with Gasteiger partial charge in [0.15, 0.2) is 0 Å². The Morgan fingerprint density at radius 1 is 0.580 bits per heavy atom. The molecule has 4 aromatic rings. The van der Waals surface area contributed by atoms with Crippen LogP contribution in [0, 0.1) is 23.7 Å². The average Bonchev–Trinajstić information content (AvgIpc) is 3.16. The summed E-state index contributed by atoms with van der Waals surface area (Å²) in [6.45, 7) is 14.0. The van der Waals surface area contributed by atoms with Crippen molar-refractivity contribution in [3.63, 3.8) is 0 Å². The van der Waals surface area contributed by atoms with Gasteiger partial charge in [0.1, 0.15) is 10.9 Å². The Bertz CT molecular complexity index is 1530. The molecule has 0 aliphatic carbocycles. The topological polar surface area (TPSA) is 57.2 Å². The molecular weight excluding hydrogens is 661 g/mol.